The summed E-state index contributed by atoms with van der Waals surface area (Å²) < 4.78 is 6.60. The summed E-state index contributed by atoms with van der Waals surface area (Å²) in [7, 11) is 0. The van der Waals surface area contributed by atoms with E-state index in [1.54, 1.807) is 0 Å². The summed E-state index contributed by atoms with van der Waals surface area (Å²) >= 11 is 0. The van der Waals surface area contributed by atoms with Crippen LogP contribution in [0.25, 0.3) is 0 Å². The van der Waals surface area contributed by atoms with E-state index in [4.69, 9.17) is 4.74 Å². The summed E-state index contributed by atoms with van der Waals surface area (Å²) in [6.45, 7) is 13.1. The minimum absolute atomic E-state index is 0.337. The molecule has 0 radical (unpaired) electrons. The zero-order valence-electron chi connectivity index (χ0n) is 16.9. The molecule has 0 amide bonds. The van der Waals surface area contributed by atoms with Gasteiger partial charge >= 0.3 is 0 Å². The Hall–Kier alpha value is -1.60. The molecule has 25 heavy (non-hydrogen) atoms. The van der Waals surface area contributed by atoms with Crippen molar-refractivity contribution in [1.82, 2.24) is 0 Å². The van der Waals surface area contributed by atoms with Gasteiger partial charge in [-0.15, -0.1) is 0 Å². The van der Waals surface area contributed by atoms with Crippen LogP contribution >= 0.6 is 0 Å². The fourth-order valence-electron chi connectivity index (χ4n) is 3.48. The monoisotopic (exact) mass is 338 g/mol. The molecule has 0 heterocycles. The molecule has 0 bridgehead atoms. The van der Waals surface area contributed by atoms with Crippen molar-refractivity contribution in [2.24, 2.45) is 0 Å². The maximum Gasteiger partial charge on any atom is 0.0887 e. The van der Waals surface area contributed by atoms with Crippen molar-refractivity contribution < 1.29 is 4.74 Å². The van der Waals surface area contributed by atoms with Gasteiger partial charge in [0.15, 0.2) is 0 Å². The number of ether oxygens (including phenoxy) is 1. The van der Waals surface area contributed by atoms with Crippen LogP contribution < -0.4 is 0 Å². The van der Waals surface area contributed by atoms with E-state index in [1.807, 2.05) is 0 Å². The molecular weight excluding hydrogens is 304 g/mol. The van der Waals surface area contributed by atoms with E-state index >= 15 is 0 Å². The Morgan fingerprint density at radius 3 is 1.20 bits per heavy atom. The zero-order chi connectivity index (χ0) is 18.5. The van der Waals surface area contributed by atoms with Crippen LogP contribution in [0.3, 0.4) is 0 Å². The first-order valence-electron chi connectivity index (χ1n) is 9.67. The van der Waals surface area contributed by atoms with Gasteiger partial charge in [-0.25, -0.2) is 0 Å². The minimum atomic E-state index is -0.337. The molecule has 136 valence electrons. The van der Waals surface area contributed by atoms with Crippen molar-refractivity contribution in [3.63, 3.8) is 0 Å². The Balaban J connectivity index is 2.16. The van der Waals surface area contributed by atoms with Crippen molar-refractivity contribution >= 4 is 0 Å². The van der Waals surface area contributed by atoms with E-state index in [0.29, 0.717) is 0 Å². The molecule has 0 unspecified atom stereocenters. The first kappa shape index (κ1) is 19.7. The average Bonchev–Trinajstić information content (AvgIpc) is 2.55. The molecule has 0 aliphatic carbocycles. The highest BCUT2D eigenvalue weighted by Gasteiger charge is 2.32. The second kappa shape index (κ2) is 8.19. The van der Waals surface area contributed by atoms with Crippen molar-refractivity contribution in [3.05, 3.63) is 70.8 Å². The molecule has 1 nitrogen and oxygen atoms in total. The third kappa shape index (κ3) is 5.19. The molecule has 2 aromatic carbocycles. The minimum Gasteiger partial charge on any atom is -0.360 e. The molecular formula is C24H34O. The largest absolute Gasteiger partial charge is 0.360 e. The van der Waals surface area contributed by atoms with Gasteiger partial charge in [0, 0.05) is 0 Å². The summed E-state index contributed by atoms with van der Waals surface area (Å²) in [5.74, 6) is 0. The van der Waals surface area contributed by atoms with Gasteiger partial charge in [0.25, 0.3) is 0 Å². The average molecular weight is 339 g/mol. The molecule has 0 saturated heterocycles. The predicted octanol–water partition coefficient (Wildman–Crippen LogP) is 6.78. The second-order valence-corrected chi connectivity index (χ2v) is 8.02. The molecule has 0 atom stereocenters. The standard InChI is InChI=1S/C24H34O/c1-7-9-19-11-15-21(16-12-19)23(3,4)25-24(5,6)22-17-13-20(10-8-2)14-18-22/h11-18H,7-10H2,1-6H3. The second-order valence-electron chi connectivity index (χ2n) is 8.02. The van der Waals surface area contributed by atoms with E-state index in [0.717, 1.165) is 12.8 Å². The van der Waals surface area contributed by atoms with Gasteiger partial charge in [0.05, 0.1) is 11.2 Å². The van der Waals surface area contributed by atoms with Crippen molar-refractivity contribution in [3.8, 4) is 0 Å². The van der Waals surface area contributed by atoms with Crippen molar-refractivity contribution in [2.45, 2.75) is 78.4 Å². The first-order valence-corrected chi connectivity index (χ1v) is 9.67. The van der Waals surface area contributed by atoms with E-state index in [2.05, 4.69) is 90.1 Å². The zero-order valence-corrected chi connectivity index (χ0v) is 16.9. The van der Waals surface area contributed by atoms with Gasteiger partial charge < -0.3 is 4.74 Å². The summed E-state index contributed by atoms with van der Waals surface area (Å²) in [5.41, 5.74) is 4.57. The lowest BCUT2D eigenvalue weighted by Gasteiger charge is -2.37. The quantitative estimate of drug-likeness (QED) is 0.515. The summed E-state index contributed by atoms with van der Waals surface area (Å²) in [4.78, 5) is 0. The number of hydrogen-bond donors (Lipinski definition) is 0. The lowest BCUT2D eigenvalue weighted by Crippen LogP contribution is -2.33. The van der Waals surface area contributed by atoms with Gasteiger partial charge in [0.1, 0.15) is 0 Å². The molecule has 0 spiro atoms. The Morgan fingerprint density at radius 1 is 0.600 bits per heavy atom. The van der Waals surface area contributed by atoms with Crippen LogP contribution in [0.1, 0.15) is 76.6 Å². The number of hydrogen-bond acceptors (Lipinski definition) is 1. The Bertz CT molecular complexity index is 588. The number of aryl methyl sites for hydroxylation is 2. The van der Waals surface area contributed by atoms with Gasteiger partial charge in [-0.1, -0.05) is 75.2 Å². The highest BCUT2D eigenvalue weighted by Crippen LogP contribution is 2.36. The molecule has 0 N–H and O–H groups in total. The number of benzene rings is 2. The molecule has 0 aliphatic heterocycles. The highest BCUT2D eigenvalue weighted by molar-refractivity contribution is 5.29. The topological polar surface area (TPSA) is 9.23 Å². The first-order chi connectivity index (χ1) is 11.8. The predicted molar refractivity (Wildman–Crippen MR) is 108 cm³/mol. The molecule has 0 saturated carbocycles. The molecule has 0 aromatic heterocycles. The van der Waals surface area contributed by atoms with Crippen LogP contribution in [0, 0.1) is 0 Å². The van der Waals surface area contributed by atoms with E-state index in [-0.39, 0.29) is 11.2 Å². The van der Waals surface area contributed by atoms with Crippen LogP contribution in [0.15, 0.2) is 48.5 Å². The van der Waals surface area contributed by atoms with E-state index in [9.17, 15) is 0 Å². The molecule has 0 fully saturated rings. The normalized spacial score (nSPS) is 12.4. The third-order valence-electron chi connectivity index (χ3n) is 4.89. The van der Waals surface area contributed by atoms with E-state index in [1.165, 1.54) is 35.1 Å². The van der Waals surface area contributed by atoms with E-state index < -0.39 is 0 Å². The molecule has 1 heteroatoms. The fourth-order valence-corrected chi connectivity index (χ4v) is 3.48. The smallest absolute Gasteiger partial charge is 0.0887 e. The number of rotatable bonds is 8. The summed E-state index contributed by atoms with van der Waals surface area (Å²) in [6.07, 6.45) is 4.63. The third-order valence-corrected chi connectivity index (χ3v) is 4.89. The Kier molecular flexibility index (Phi) is 6.46. The lowest BCUT2D eigenvalue weighted by atomic mass is 9.91. The summed E-state index contributed by atoms with van der Waals surface area (Å²) in [6, 6.07) is 17.8. The van der Waals surface area contributed by atoms with Gasteiger partial charge in [-0.3, -0.25) is 0 Å². The van der Waals surface area contributed by atoms with Crippen molar-refractivity contribution in [1.29, 1.82) is 0 Å². The molecule has 2 rings (SSSR count). The van der Waals surface area contributed by atoms with Crippen LogP contribution in [-0.4, -0.2) is 0 Å². The van der Waals surface area contributed by atoms with Crippen LogP contribution in [0.2, 0.25) is 0 Å². The Morgan fingerprint density at radius 2 is 0.920 bits per heavy atom. The highest BCUT2D eigenvalue weighted by atomic mass is 16.5. The molecule has 2 aromatic rings. The Labute approximate surface area is 154 Å². The lowest BCUT2D eigenvalue weighted by molar-refractivity contribution is -0.132. The fraction of sp³-hybridized carbons (Fsp3) is 0.500. The SMILES string of the molecule is CCCc1ccc(C(C)(C)OC(C)(C)c2ccc(CCC)cc2)cc1. The van der Waals surface area contributed by atoms with Gasteiger partial charge in [-0.2, -0.15) is 0 Å². The van der Waals surface area contributed by atoms with Crippen LogP contribution in [0.5, 0.6) is 0 Å². The van der Waals surface area contributed by atoms with Gasteiger partial charge in [0.2, 0.25) is 0 Å². The summed E-state index contributed by atoms with van der Waals surface area (Å²) in [5, 5.41) is 0. The van der Waals surface area contributed by atoms with Crippen LogP contribution in [-0.2, 0) is 28.8 Å². The van der Waals surface area contributed by atoms with Crippen molar-refractivity contribution in [2.75, 3.05) is 0 Å². The maximum atomic E-state index is 6.60. The maximum absolute atomic E-state index is 6.60. The van der Waals surface area contributed by atoms with Crippen LogP contribution in [0.4, 0.5) is 0 Å². The molecule has 0 aliphatic rings. The van der Waals surface area contributed by atoms with Gasteiger partial charge in [-0.05, 0) is 62.8 Å².